The van der Waals surface area contributed by atoms with Crippen molar-refractivity contribution in [1.82, 2.24) is 19.3 Å². The fourth-order valence-corrected chi connectivity index (χ4v) is 2.22. The van der Waals surface area contributed by atoms with Gasteiger partial charge in [0.25, 0.3) is 5.56 Å². The minimum atomic E-state index is -0.0657. The summed E-state index contributed by atoms with van der Waals surface area (Å²) in [5.74, 6) is 0.699. The summed E-state index contributed by atoms with van der Waals surface area (Å²) in [6.45, 7) is 7.09. The lowest BCUT2D eigenvalue weighted by Crippen LogP contribution is -2.25. The standard InChI is InChI=1S/C12H15BrN4O/c1-4-17-10(5-8(2)15-17)7-16-9(3)14-6-11(13)12(16)18/h5-6H,4,7H2,1-3H3. The Morgan fingerprint density at radius 3 is 2.78 bits per heavy atom. The van der Waals surface area contributed by atoms with E-state index in [9.17, 15) is 4.79 Å². The van der Waals surface area contributed by atoms with Crippen LogP contribution in [0.1, 0.15) is 24.1 Å². The summed E-state index contributed by atoms with van der Waals surface area (Å²) >= 11 is 3.22. The first-order valence-corrected chi connectivity index (χ1v) is 6.57. The zero-order chi connectivity index (χ0) is 13.3. The largest absolute Gasteiger partial charge is 0.290 e. The van der Waals surface area contributed by atoms with Crippen LogP contribution in [-0.4, -0.2) is 19.3 Å². The van der Waals surface area contributed by atoms with E-state index in [-0.39, 0.29) is 5.56 Å². The molecule has 0 bridgehead atoms. The van der Waals surface area contributed by atoms with Crippen LogP contribution in [0.3, 0.4) is 0 Å². The van der Waals surface area contributed by atoms with Gasteiger partial charge in [-0.05, 0) is 42.8 Å². The van der Waals surface area contributed by atoms with Gasteiger partial charge in [0, 0.05) is 12.7 Å². The van der Waals surface area contributed by atoms with Crippen LogP contribution in [0.15, 0.2) is 21.5 Å². The van der Waals surface area contributed by atoms with Crippen molar-refractivity contribution in [3.05, 3.63) is 44.3 Å². The van der Waals surface area contributed by atoms with E-state index in [1.54, 1.807) is 4.57 Å². The highest BCUT2D eigenvalue weighted by molar-refractivity contribution is 9.10. The van der Waals surface area contributed by atoms with Crippen LogP contribution >= 0.6 is 15.9 Å². The predicted molar refractivity (Wildman–Crippen MR) is 72.7 cm³/mol. The Balaban J connectivity index is 2.46. The zero-order valence-electron chi connectivity index (χ0n) is 10.6. The van der Waals surface area contributed by atoms with E-state index >= 15 is 0 Å². The van der Waals surface area contributed by atoms with E-state index in [4.69, 9.17) is 0 Å². The number of rotatable bonds is 3. The summed E-state index contributed by atoms with van der Waals surface area (Å²) in [5.41, 5.74) is 1.91. The highest BCUT2D eigenvalue weighted by atomic mass is 79.9. The molecule has 2 heterocycles. The van der Waals surface area contributed by atoms with Gasteiger partial charge in [-0.15, -0.1) is 0 Å². The SMILES string of the molecule is CCn1nc(C)cc1Cn1c(C)ncc(Br)c1=O. The molecule has 6 heteroatoms. The molecule has 0 aliphatic carbocycles. The molecule has 2 aromatic heterocycles. The van der Waals surface area contributed by atoms with E-state index in [1.165, 1.54) is 6.20 Å². The molecule has 0 amide bonds. The molecule has 0 fully saturated rings. The topological polar surface area (TPSA) is 52.7 Å². The Kier molecular flexibility index (Phi) is 3.65. The number of aromatic nitrogens is 4. The lowest BCUT2D eigenvalue weighted by atomic mass is 10.3. The number of hydrogen-bond acceptors (Lipinski definition) is 3. The number of aryl methyl sites for hydroxylation is 3. The molecule has 0 aromatic carbocycles. The highest BCUT2D eigenvalue weighted by Crippen LogP contribution is 2.08. The third-order valence-corrected chi connectivity index (χ3v) is 3.35. The van der Waals surface area contributed by atoms with E-state index in [0.717, 1.165) is 17.9 Å². The molecule has 0 atom stereocenters. The summed E-state index contributed by atoms with van der Waals surface area (Å²) in [5, 5.41) is 4.38. The van der Waals surface area contributed by atoms with Crippen molar-refractivity contribution < 1.29 is 0 Å². The maximum absolute atomic E-state index is 12.0. The van der Waals surface area contributed by atoms with Gasteiger partial charge in [0.15, 0.2) is 0 Å². The maximum atomic E-state index is 12.0. The summed E-state index contributed by atoms with van der Waals surface area (Å²) in [7, 11) is 0. The third kappa shape index (κ3) is 2.38. The fourth-order valence-electron chi connectivity index (χ4n) is 1.90. The molecule has 96 valence electrons. The van der Waals surface area contributed by atoms with Crippen LogP contribution in [0.5, 0.6) is 0 Å². The molecular weight excluding hydrogens is 296 g/mol. The van der Waals surface area contributed by atoms with Crippen molar-refractivity contribution >= 4 is 15.9 Å². The van der Waals surface area contributed by atoms with Crippen LogP contribution in [0.4, 0.5) is 0 Å². The average Bonchev–Trinajstić information content (AvgIpc) is 2.70. The third-order valence-electron chi connectivity index (χ3n) is 2.81. The maximum Gasteiger partial charge on any atom is 0.268 e. The van der Waals surface area contributed by atoms with Gasteiger partial charge in [0.1, 0.15) is 10.3 Å². The van der Waals surface area contributed by atoms with Gasteiger partial charge < -0.3 is 0 Å². The summed E-state index contributed by atoms with van der Waals surface area (Å²) in [6.07, 6.45) is 1.54. The van der Waals surface area contributed by atoms with Crippen molar-refractivity contribution in [2.45, 2.75) is 33.9 Å². The molecule has 0 radical (unpaired) electrons. The second kappa shape index (κ2) is 5.06. The second-order valence-corrected chi connectivity index (χ2v) is 4.99. The van der Waals surface area contributed by atoms with Crippen LogP contribution in [0.2, 0.25) is 0 Å². The molecule has 0 aliphatic heterocycles. The fraction of sp³-hybridized carbons (Fsp3) is 0.417. The minimum absolute atomic E-state index is 0.0657. The van der Waals surface area contributed by atoms with Gasteiger partial charge in [0.2, 0.25) is 0 Å². The molecule has 0 saturated carbocycles. The molecule has 2 rings (SSSR count). The van der Waals surface area contributed by atoms with E-state index in [1.807, 2.05) is 31.5 Å². The Morgan fingerprint density at radius 1 is 1.39 bits per heavy atom. The van der Waals surface area contributed by atoms with Gasteiger partial charge in [0.05, 0.1) is 17.9 Å². The van der Waals surface area contributed by atoms with Gasteiger partial charge in [-0.25, -0.2) is 4.98 Å². The van der Waals surface area contributed by atoms with Gasteiger partial charge in [-0.1, -0.05) is 0 Å². The summed E-state index contributed by atoms with van der Waals surface area (Å²) < 4.78 is 4.03. The zero-order valence-corrected chi connectivity index (χ0v) is 12.2. The first-order chi connectivity index (χ1) is 8.52. The molecule has 5 nitrogen and oxygen atoms in total. The summed E-state index contributed by atoms with van der Waals surface area (Å²) in [4.78, 5) is 16.2. The minimum Gasteiger partial charge on any atom is -0.290 e. The molecule has 0 saturated heterocycles. The van der Waals surface area contributed by atoms with E-state index in [0.29, 0.717) is 16.8 Å². The first kappa shape index (κ1) is 13.0. The molecule has 0 unspecified atom stereocenters. The van der Waals surface area contributed by atoms with Crippen LogP contribution in [0, 0.1) is 13.8 Å². The highest BCUT2D eigenvalue weighted by Gasteiger charge is 2.10. The number of nitrogens with zero attached hydrogens (tertiary/aromatic N) is 4. The Hall–Kier alpha value is -1.43. The molecule has 0 aliphatic rings. The number of halogens is 1. The Bertz CT molecular complexity index is 629. The monoisotopic (exact) mass is 310 g/mol. The predicted octanol–water partition coefficient (Wildman–Crippen LogP) is 1.89. The van der Waals surface area contributed by atoms with Crippen LogP contribution in [-0.2, 0) is 13.1 Å². The van der Waals surface area contributed by atoms with Crippen molar-refractivity contribution in [3.8, 4) is 0 Å². The smallest absolute Gasteiger partial charge is 0.268 e. The molecular formula is C12H15BrN4O. The lowest BCUT2D eigenvalue weighted by molar-refractivity contribution is 0.580. The lowest BCUT2D eigenvalue weighted by Gasteiger charge is -2.10. The van der Waals surface area contributed by atoms with Crippen LogP contribution < -0.4 is 5.56 Å². The Labute approximate surface area is 114 Å². The van der Waals surface area contributed by atoms with Crippen molar-refractivity contribution in [1.29, 1.82) is 0 Å². The van der Waals surface area contributed by atoms with Crippen LogP contribution in [0.25, 0.3) is 0 Å². The Morgan fingerprint density at radius 2 is 2.11 bits per heavy atom. The van der Waals surface area contributed by atoms with Gasteiger partial charge in [-0.2, -0.15) is 5.10 Å². The molecule has 18 heavy (non-hydrogen) atoms. The average molecular weight is 311 g/mol. The quantitative estimate of drug-likeness (QED) is 0.870. The van der Waals surface area contributed by atoms with E-state index < -0.39 is 0 Å². The number of hydrogen-bond donors (Lipinski definition) is 0. The van der Waals surface area contributed by atoms with Crippen molar-refractivity contribution in [3.63, 3.8) is 0 Å². The van der Waals surface area contributed by atoms with Crippen molar-refractivity contribution in [2.24, 2.45) is 0 Å². The summed E-state index contributed by atoms with van der Waals surface area (Å²) in [6, 6.07) is 2.00. The second-order valence-electron chi connectivity index (χ2n) is 4.14. The molecule has 2 aromatic rings. The normalized spacial score (nSPS) is 10.9. The van der Waals surface area contributed by atoms with Crippen molar-refractivity contribution in [2.75, 3.05) is 0 Å². The van der Waals surface area contributed by atoms with Gasteiger partial charge in [-0.3, -0.25) is 14.0 Å². The first-order valence-electron chi connectivity index (χ1n) is 5.78. The van der Waals surface area contributed by atoms with Gasteiger partial charge >= 0.3 is 0 Å². The molecule has 0 spiro atoms. The van der Waals surface area contributed by atoms with E-state index in [2.05, 4.69) is 26.0 Å². The molecule has 0 N–H and O–H groups in total.